The lowest BCUT2D eigenvalue weighted by Crippen LogP contribution is -2.38. The predicted molar refractivity (Wildman–Crippen MR) is 113 cm³/mol. The fourth-order valence-electron chi connectivity index (χ4n) is 3.61. The summed E-state index contributed by atoms with van der Waals surface area (Å²) >= 11 is 0. The van der Waals surface area contributed by atoms with Gasteiger partial charge in [-0.2, -0.15) is 0 Å². The molecule has 0 unspecified atom stereocenters. The third-order valence-corrected chi connectivity index (χ3v) is 5.27. The molecule has 0 radical (unpaired) electrons. The van der Waals surface area contributed by atoms with Crippen molar-refractivity contribution < 1.29 is 4.79 Å². The molecule has 0 aliphatic heterocycles. The van der Waals surface area contributed by atoms with Gasteiger partial charge in [-0.25, -0.2) is 4.98 Å². The summed E-state index contributed by atoms with van der Waals surface area (Å²) in [5.74, 6) is 1.09. The minimum absolute atomic E-state index is 0. The molecule has 1 aromatic heterocycles. The van der Waals surface area contributed by atoms with Gasteiger partial charge in [-0.15, -0.1) is 24.8 Å². The molecule has 2 rings (SSSR count). The fraction of sp³-hybridized carbons (Fsp3) is 0.684. The summed E-state index contributed by atoms with van der Waals surface area (Å²) in [7, 11) is 0. The number of halogens is 2. The lowest BCUT2D eigenvalue weighted by molar-refractivity contribution is -0.124. The van der Waals surface area contributed by atoms with E-state index in [1.807, 2.05) is 18.3 Å². The van der Waals surface area contributed by atoms with Crippen LogP contribution in [0.15, 0.2) is 18.3 Å². The number of carbonyl (C=O) groups excluding carboxylic acids is 1. The number of hydrogen-bond donors (Lipinski definition) is 2. The molecule has 26 heavy (non-hydrogen) atoms. The maximum absolute atomic E-state index is 12.3. The second-order valence-electron chi connectivity index (χ2n) is 6.92. The third kappa shape index (κ3) is 6.93. The summed E-state index contributed by atoms with van der Waals surface area (Å²) in [4.78, 5) is 19.0. The largest absolute Gasteiger partial charge is 0.357 e. The molecule has 3 N–H and O–H groups in total. The van der Waals surface area contributed by atoms with Crippen molar-refractivity contribution in [3.05, 3.63) is 23.9 Å². The maximum atomic E-state index is 12.3. The van der Waals surface area contributed by atoms with Crippen molar-refractivity contribution in [2.45, 2.75) is 58.9 Å². The molecule has 1 heterocycles. The zero-order valence-corrected chi connectivity index (χ0v) is 17.6. The zero-order chi connectivity index (χ0) is 17.4. The summed E-state index contributed by atoms with van der Waals surface area (Å²) < 4.78 is 0. The molecule has 1 fully saturated rings. The van der Waals surface area contributed by atoms with E-state index in [-0.39, 0.29) is 36.1 Å². The molecule has 150 valence electrons. The Kier molecular flexibility index (Phi) is 11.9. The summed E-state index contributed by atoms with van der Waals surface area (Å²) in [6, 6.07) is 4.07. The quantitative estimate of drug-likeness (QED) is 0.692. The molecule has 5 nitrogen and oxygen atoms in total. The van der Waals surface area contributed by atoms with Crippen LogP contribution in [0.1, 0.15) is 57.9 Å². The highest BCUT2D eigenvalue weighted by atomic mass is 35.5. The summed E-state index contributed by atoms with van der Waals surface area (Å²) in [6.07, 6.45) is 8.23. The smallest absolute Gasteiger partial charge is 0.220 e. The van der Waals surface area contributed by atoms with Gasteiger partial charge in [0.25, 0.3) is 0 Å². The van der Waals surface area contributed by atoms with Gasteiger partial charge in [0, 0.05) is 32.3 Å². The Morgan fingerprint density at radius 1 is 1.19 bits per heavy atom. The first-order chi connectivity index (χ1) is 11.6. The first kappa shape index (κ1) is 25.0. The van der Waals surface area contributed by atoms with Crippen molar-refractivity contribution in [2.75, 3.05) is 24.5 Å². The number of carbonyl (C=O) groups is 1. The molecule has 1 saturated carbocycles. The predicted octanol–water partition coefficient (Wildman–Crippen LogP) is 3.69. The van der Waals surface area contributed by atoms with Gasteiger partial charge in [0.15, 0.2) is 0 Å². The Morgan fingerprint density at radius 3 is 2.35 bits per heavy atom. The number of amides is 1. The molecule has 1 aromatic rings. The van der Waals surface area contributed by atoms with Crippen LogP contribution < -0.4 is 16.0 Å². The van der Waals surface area contributed by atoms with Gasteiger partial charge in [-0.1, -0.05) is 25.3 Å². The second-order valence-corrected chi connectivity index (χ2v) is 6.92. The van der Waals surface area contributed by atoms with Crippen LogP contribution in [0.5, 0.6) is 0 Å². The Balaban J connectivity index is 0.00000312. The SMILES string of the molecule is CCN(CC)c1ccc(CNC(=O)CC2(CN)CCCCC2)cn1.Cl.Cl. The van der Waals surface area contributed by atoms with Gasteiger partial charge >= 0.3 is 0 Å². The van der Waals surface area contributed by atoms with Gasteiger partial charge in [-0.3, -0.25) is 4.79 Å². The van der Waals surface area contributed by atoms with E-state index in [1.165, 1.54) is 19.3 Å². The Labute approximate surface area is 170 Å². The van der Waals surface area contributed by atoms with Crippen molar-refractivity contribution >= 4 is 36.5 Å². The third-order valence-electron chi connectivity index (χ3n) is 5.27. The molecular formula is C19H34Cl2N4O. The van der Waals surface area contributed by atoms with Crippen LogP contribution in [-0.2, 0) is 11.3 Å². The molecular weight excluding hydrogens is 371 g/mol. The van der Waals surface area contributed by atoms with Gasteiger partial charge in [0.2, 0.25) is 5.91 Å². The summed E-state index contributed by atoms with van der Waals surface area (Å²) in [5.41, 5.74) is 7.02. The highest BCUT2D eigenvalue weighted by Gasteiger charge is 2.32. The maximum Gasteiger partial charge on any atom is 0.220 e. The van der Waals surface area contributed by atoms with Crippen LogP contribution in [0.3, 0.4) is 0 Å². The van der Waals surface area contributed by atoms with Crippen molar-refractivity contribution in [1.29, 1.82) is 0 Å². The topological polar surface area (TPSA) is 71.2 Å². The molecule has 1 amide bonds. The van der Waals surface area contributed by atoms with Crippen molar-refractivity contribution in [1.82, 2.24) is 10.3 Å². The summed E-state index contributed by atoms with van der Waals surface area (Å²) in [5, 5.41) is 3.03. The number of nitrogens with two attached hydrogens (primary N) is 1. The van der Waals surface area contributed by atoms with Crippen LogP contribution in [0.25, 0.3) is 0 Å². The van der Waals surface area contributed by atoms with Crippen LogP contribution in [0, 0.1) is 5.41 Å². The van der Waals surface area contributed by atoms with Gasteiger partial charge in [-0.05, 0) is 50.3 Å². The molecule has 0 aromatic carbocycles. The van der Waals surface area contributed by atoms with Gasteiger partial charge in [0.1, 0.15) is 5.82 Å². The average Bonchev–Trinajstić information content (AvgIpc) is 2.63. The average molecular weight is 405 g/mol. The van der Waals surface area contributed by atoms with Crippen LogP contribution in [0.4, 0.5) is 5.82 Å². The zero-order valence-electron chi connectivity index (χ0n) is 16.0. The molecule has 0 atom stereocenters. The van der Waals surface area contributed by atoms with Gasteiger partial charge in [0.05, 0.1) is 0 Å². The van der Waals surface area contributed by atoms with Crippen molar-refractivity contribution in [3.63, 3.8) is 0 Å². The lowest BCUT2D eigenvalue weighted by Gasteiger charge is -2.35. The highest BCUT2D eigenvalue weighted by Crippen LogP contribution is 2.38. The van der Waals surface area contributed by atoms with E-state index >= 15 is 0 Å². The van der Waals surface area contributed by atoms with Crippen LogP contribution >= 0.6 is 24.8 Å². The number of rotatable bonds is 8. The molecule has 0 spiro atoms. The first-order valence-corrected chi connectivity index (χ1v) is 9.29. The van der Waals surface area contributed by atoms with Crippen molar-refractivity contribution in [3.8, 4) is 0 Å². The van der Waals surface area contributed by atoms with E-state index in [0.717, 1.165) is 37.3 Å². The summed E-state index contributed by atoms with van der Waals surface area (Å²) in [6.45, 7) is 7.28. The van der Waals surface area contributed by atoms with E-state index in [1.54, 1.807) is 0 Å². The fourth-order valence-corrected chi connectivity index (χ4v) is 3.61. The number of aromatic nitrogens is 1. The van der Waals surface area contributed by atoms with E-state index in [2.05, 4.69) is 29.0 Å². The molecule has 1 aliphatic rings. The number of pyridine rings is 1. The normalized spacial score (nSPS) is 15.3. The van der Waals surface area contributed by atoms with Crippen molar-refractivity contribution in [2.24, 2.45) is 11.1 Å². The molecule has 0 bridgehead atoms. The monoisotopic (exact) mass is 404 g/mol. The number of anilines is 1. The Hall–Kier alpha value is -1.04. The van der Waals surface area contributed by atoms with Crippen LogP contribution in [0.2, 0.25) is 0 Å². The van der Waals surface area contributed by atoms with E-state index in [9.17, 15) is 4.79 Å². The molecule has 7 heteroatoms. The van der Waals surface area contributed by atoms with E-state index in [4.69, 9.17) is 5.73 Å². The minimum atomic E-state index is 0. The molecule has 1 aliphatic carbocycles. The lowest BCUT2D eigenvalue weighted by atomic mass is 9.71. The van der Waals surface area contributed by atoms with Gasteiger partial charge < -0.3 is 16.0 Å². The second kappa shape index (κ2) is 12.4. The number of nitrogens with one attached hydrogen (secondary N) is 1. The Bertz CT molecular complexity index is 515. The molecule has 0 saturated heterocycles. The Morgan fingerprint density at radius 2 is 1.85 bits per heavy atom. The highest BCUT2D eigenvalue weighted by molar-refractivity contribution is 5.85. The first-order valence-electron chi connectivity index (χ1n) is 9.29. The van der Waals surface area contributed by atoms with E-state index in [0.29, 0.717) is 19.5 Å². The number of nitrogens with zero attached hydrogens (tertiary/aromatic N) is 2. The van der Waals surface area contributed by atoms with E-state index < -0.39 is 0 Å². The standard InChI is InChI=1S/C19H32N4O.2ClH/c1-3-23(4-2)17-9-8-16(13-21-17)14-22-18(24)12-19(15-20)10-6-5-7-11-19;;/h8-9,13H,3-7,10-12,14-15,20H2,1-2H3,(H,22,24);2*1H. The number of hydrogen-bond acceptors (Lipinski definition) is 4. The minimum Gasteiger partial charge on any atom is -0.357 e. The van der Waals surface area contributed by atoms with Crippen LogP contribution in [-0.4, -0.2) is 30.5 Å².